The Morgan fingerprint density at radius 3 is 1.24 bits per heavy atom. The van der Waals surface area contributed by atoms with Gasteiger partial charge in [-0.25, -0.2) is 4.79 Å². The van der Waals surface area contributed by atoms with Crippen molar-refractivity contribution < 1.29 is 147 Å². The SMILES string of the molecule is O=C(O)CC(O)(CC(=O)O)C(=O)O.[H-].[H-].[H-].[Na+].[Na+].[Na+].[Zn]. The monoisotopic (exact) mass is 328 g/mol. The van der Waals surface area contributed by atoms with Gasteiger partial charge in [-0.2, -0.15) is 0 Å². The van der Waals surface area contributed by atoms with Crippen molar-refractivity contribution in [1.29, 1.82) is 0 Å². The topological polar surface area (TPSA) is 132 Å². The summed E-state index contributed by atoms with van der Waals surface area (Å²) in [6.45, 7) is 0. The van der Waals surface area contributed by atoms with Crippen LogP contribution in [0.15, 0.2) is 0 Å². The Morgan fingerprint density at radius 2 is 1.12 bits per heavy atom. The summed E-state index contributed by atoms with van der Waals surface area (Å²) in [4.78, 5) is 30.5. The Kier molecular flexibility index (Phi) is 26.6. The third kappa shape index (κ3) is 14.2. The van der Waals surface area contributed by atoms with Crippen molar-refractivity contribution in [2.75, 3.05) is 0 Å². The molecule has 0 spiro atoms. The van der Waals surface area contributed by atoms with Crippen LogP contribution in [0.4, 0.5) is 0 Å². The molecule has 0 saturated carbocycles. The zero-order valence-electron chi connectivity index (χ0n) is 13.1. The van der Waals surface area contributed by atoms with Gasteiger partial charge in [0.2, 0.25) is 0 Å². The zero-order valence-corrected chi connectivity index (χ0v) is 19.1. The molecular formula is C6H11Na3O7Zn. The molecule has 0 radical (unpaired) electrons. The van der Waals surface area contributed by atoms with Crippen LogP contribution in [0.5, 0.6) is 0 Å². The maximum atomic E-state index is 10.3. The van der Waals surface area contributed by atoms with E-state index in [4.69, 9.17) is 20.4 Å². The molecule has 0 unspecified atom stereocenters. The Hall–Kier alpha value is 1.99. The summed E-state index contributed by atoms with van der Waals surface area (Å²) in [6, 6.07) is 0. The van der Waals surface area contributed by atoms with E-state index in [-0.39, 0.29) is 112 Å². The largest absolute Gasteiger partial charge is 1.00 e. The van der Waals surface area contributed by atoms with Gasteiger partial charge in [0.05, 0.1) is 12.8 Å². The fourth-order valence-corrected chi connectivity index (χ4v) is 0.714. The number of aliphatic carboxylic acids is 3. The summed E-state index contributed by atoms with van der Waals surface area (Å²) in [7, 11) is 0. The maximum absolute atomic E-state index is 10.3. The first-order chi connectivity index (χ1) is 5.78. The quantitative estimate of drug-likeness (QED) is 0.368. The van der Waals surface area contributed by atoms with Crippen LogP contribution in [0, 0.1) is 0 Å². The number of aliphatic hydroxyl groups is 1. The molecule has 0 amide bonds. The number of hydrogen-bond donors (Lipinski definition) is 4. The van der Waals surface area contributed by atoms with Gasteiger partial charge in [-0.3, -0.25) is 9.59 Å². The van der Waals surface area contributed by atoms with Crippen LogP contribution in [0.25, 0.3) is 0 Å². The summed E-state index contributed by atoms with van der Waals surface area (Å²) >= 11 is 0. The number of carbonyl (C=O) groups is 3. The van der Waals surface area contributed by atoms with E-state index in [0.29, 0.717) is 0 Å². The van der Waals surface area contributed by atoms with Crippen LogP contribution in [-0.2, 0) is 33.9 Å². The van der Waals surface area contributed by atoms with E-state index in [2.05, 4.69) is 0 Å². The van der Waals surface area contributed by atoms with Gasteiger partial charge in [0.25, 0.3) is 0 Å². The molecule has 0 fully saturated rings. The molecule has 0 rings (SSSR count). The average Bonchev–Trinajstić information content (AvgIpc) is 1.82. The molecule has 0 aromatic carbocycles. The van der Waals surface area contributed by atoms with Crippen LogP contribution in [0.3, 0.4) is 0 Å². The minimum absolute atomic E-state index is 0. The van der Waals surface area contributed by atoms with E-state index in [9.17, 15) is 14.4 Å². The molecule has 0 aliphatic carbocycles. The van der Waals surface area contributed by atoms with Crippen molar-refractivity contribution in [3.05, 3.63) is 0 Å². The number of carboxylic acid groups (broad SMARTS) is 3. The van der Waals surface area contributed by atoms with Gasteiger partial charge in [0.15, 0.2) is 5.60 Å². The molecule has 4 N–H and O–H groups in total. The van der Waals surface area contributed by atoms with Crippen molar-refractivity contribution in [2.24, 2.45) is 0 Å². The van der Waals surface area contributed by atoms with Crippen LogP contribution in [-0.4, -0.2) is 43.9 Å². The van der Waals surface area contributed by atoms with Gasteiger partial charge in [-0.05, 0) is 0 Å². The molecule has 0 aromatic heterocycles. The second-order valence-electron chi connectivity index (χ2n) is 2.48. The molecule has 0 aliphatic rings. The number of hydrogen-bond acceptors (Lipinski definition) is 4. The van der Waals surface area contributed by atoms with E-state index in [1.165, 1.54) is 0 Å². The van der Waals surface area contributed by atoms with Crippen LogP contribution in [0.2, 0.25) is 0 Å². The molecule has 0 aliphatic heterocycles. The van der Waals surface area contributed by atoms with Gasteiger partial charge in [-0.1, -0.05) is 0 Å². The first-order valence-electron chi connectivity index (χ1n) is 3.17. The minimum Gasteiger partial charge on any atom is -1.00 e. The molecule has 0 aromatic rings. The fourth-order valence-electron chi connectivity index (χ4n) is 0.714. The van der Waals surface area contributed by atoms with Crippen LogP contribution >= 0.6 is 0 Å². The predicted molar refractivity (Wildman–Crippen MR) is 40.4 cm³/mol. The standard InChI is InChI=1S/C6H8O7.3Na.Zn.3H/c7-3(8)1-6(13,5(11)12)2-4(9)10;;;;;;;/h13H,1-2H2,(H,7,8)(H,9,10)(H,11,12);;;;;;;/q;3*+1;;3*-1. The Labute approximate surface area is 181 Å². The van der Waals surface area contributed by atoms with Crippen LogP contribution < -0.4 is 88.7 Å². The van der Waals surface area contributed by atoms with Gasteiger partial charge >= 0.3 is 107 Å². The van der Waals surface area contributed by atoms with Gasteiger partial charge in [0.1, 0.15) is 0 Å². The third-order valence-corrected chi connectivity index (χ3v) is 1.29. The molecule has 0 bridgehead atoms. The van der Waals surface area contributed by atoms with Gasteiger partial charge in [-0.15, -0.1) is 0 Å². The Bertz CT molecular complexity index is 256. The fraction of sp³-hybridized carbons (Fsp3) is 0.500. The Balaban J connectivity index is -0.0000000343. The summed E-state index contributed by atoms with van der Waals surface area (Å²) < 4.78 is 0. The summed E-state index contributed by atoms with van der Waals surface area (Å²) in [5.41, 5.74) is -2.74. The third-order valence-electron chi connectivity index (χ3n) is 1.29. The van der Waals surface area contributed by atoms with E-state index in [1.54, 1.807) is 0 Å². The van der Waals surface area contributed by atoms with Gasteiger partial charge < -0.3 is 24.7 Å². The van der Waals surface area contributed by atoms with Crippen molar-refractivity contribution in [3.63, 3.8) is 0 Å². The summed E-state index contributed by atoms with van der Waals surface area (Å²) in [6.07, 6.45) is -2.29. The normalized spacial score (nSPS) is 8.29. The molecule has 0 saturated heterocycles. The molecular weight excluding hydrogens is 318 g/mol. The predicted octanol–water partition coefficient (Wildman–Crippen LogP) is -9.90. The molecule has 82 valence electrons. The van der Waals surface area contributed by atoms with Crippen molar-refractivity contribution in [1.82, 2.24) is 0 Å². The molecule has 11 heteroatoms. The minimum atomic E-state index is -2.74. The zero-order chi connectivity index (χ0) is 10.6. The van der Waals surface area contributed by atoms with E-state index >= 15 is 0 Å². The number of rotatable bonds is 5. The molecule has 7 nitrogen and oxygen atoms in total. The number of carboxylic acids is 3. The Morgan fingerprint density at radius 1 is 0.882 bits per heavy atom. The summed E-state index contributed by atoms with van der Waals surface area (Å²) in [5, 5.41) is 33.8. The maximum Gasteiger partial charge on any atom is 1.00 e. The van der Waals surface area contributed by atoms with Crippen LogP contribution in [0.1, 0.15) is 17.1 Å². The molecule has 0 heterocycles. The van der Waals surface area contributed by atoms with Crippen molar-refractivity contribution in [3.8, 4) is 0 Å². The van der Waals surface area contributed by atoms with Crippen molar-refractivity contribution in [2.45, 2.75) is 18.4 Å². The first kappa shape index (κ1) is 31.4. The average molecular weight is 330 g/mol. The van der Waals surface area contributed by atoms with E-state index in [0.717, 1.165) is 0 Å². The molecule has 0 atom stereocenters. The van der Waals surface area contributed by atoms with E-state index in [1.807, 2.05) is 0 Å². The summed E-state index contributed by atoms with van der Waals surface area (Å²) in [5.74, 6) is -5.02. The smallest absolute Gasteiger partial charge is 1.00 e. The van der Waals surface area contributed by atoms with E-state index < -0.39 is 36.4 Å². The van der Waals surface area contributed by atoms with Crippen molar-refractivity contribution >= 4 is 17.9 Å². The second-order valence-corrected chi connectivity index (χ2v) is 2.48. The molecule has 17 heavy (non-hydrogen) atoms. The van der Waals surface area contributed by atoms with Gasteiger partial charge in [0, 0.05) is 19.5 Å². The second kappa shape index (κ2) is 14.4. The first-order valence-corrected chi connectivity index (χ1v) is 3.17.